The molecule has 0 saturated carbocycles. The summed E-state index contributed by atoms with van der Waals surface area (Å²) in [6.07, 6.45) is 2.46. The van der Waals surface area contributed by atoms with Crippen LogP contribution in [0.1, 0.15) is 46.4 Å². The molecular formula is C18H20N4O4. The molecule has 2 atom stereocenters. The van der Waals surface area contributed by atoms with E-state index in [2.05, 4.69) is 16.0 Å². The average Bonchev–Trinajstić information content (AvgIpc) is 3.22. The molecule has 1 aromatic carbocycles. The number of piperidine rings is 1. The van der Waals surface area contributed by atoms with Gasteiger partial charge in [0.25, 0.3) is 11.8 Å². The molecule has 0 aliphatic carbocycles. The van der Waals surface area contributed by atoms with E-state index in [0.29, 0.717) is 29.4 Å². The second-order valence-corrected chi connectivity index (χ2v) is 6.85. The van der Waals surface area contributed by atoms with E-state index in [4.69, 9.17) is 0 Å². The lowest BCUT2D eigenvalue weighted by atomic mass is 10.0. The minimum absolute atomic E-state index is 0.113. The number of amides is 4. The van der Waals surface area contributed by atoms with E-state index in [1.807, 2.05) is 0 Å². The number of nitrogens with one attached hydrogen (secondary N) is 3. The van der Waals surface area contributed by atoms with Crippen LogP contribution in [0.15, 0.2) is 18.2 Å². The minimum Gasteiger partial charge on any atom is -0.383 e. The number of benzene rings is 1. The highest BCUT2D eigenvalue weighted by Crippen LogP contribution is 2.32. The van der Waals surface area contributed by atoms with E-state index in [0.717, 1.165) is 24.3 Å². The summed E-state index contributed by atoms with van der Waals surface area (Å²) in [5.74, 6) is -1.95. The number of hydrogen-bond acceptors (Lipinski definition) is 6. The van der Waals surface area contributed by atoms with Crippen molar-refractivity contribution in [1.29, 1.82) is 0 Å². The van der Waals surface area contributed by atoms with Gasteiger partial charge in [-0.2, -0.15) is 0 Å². The Bertz CT molecular complexity index is 800. The Hall–Kier alpha value is -2.74. The number of anilines is 1. The van der Waals surface area contributed by atoms with Gasteiger partial charge in [-0.1, -0.05) is 6.07 Å². The number of carbonyl (C=O) groups excluding carboxylic acids is 4. The van der Waals surface area contributed by atoms with Crippen LogP contribution in [0.4, 0.5) is 5.69 Å². The molecule has 2 fully saturated rings. The van der Waals surface area contributed by atoms with E-state index >= 15 is 0 Å². The minimum atomic E-state index is -0.940. The molecule has 4 rings (SSSR count). The molecule has 8 heteroatoms. The lowest BCUT2D eigenvalue weighted by molar-refractivity contribution is -0.136. The van der Waals surface area contributed by atoms with Gasteiger partial charge >= 0.3 is 0 Å². The summed E-state index contributed by atoms with van der Waals surface area (Å²) in [4.78, 5) is 50.1. The Labute approximate surface area is 150 Å². The number of carbonyl (C=O) groups is 4. The van der Waals surface area contributed by atoms with Crippen molar-refractivity contribution >= 4 is 29.3 Å². The largest absolute Gasteiger partial charge is 0.383 e. The zero-order valence-corrected chi connectivity index (χ0v) is 14.2. The zero-order chi connectivity index (χ0) is 18.3. The van der Waals surface area contributed by atoms with Gasteiger partial charge in [-0.15, -0.1) is 0 Å². The molecule has 4 amide bonds. The first kappa shape index (κ1) is 16.7. The normalized spacial score (nSPS) is 25.5. The fourth-order valence-corrected chi connectivity index (χ4v) is 3.83. The van der Waals surface area contributed by atoms with E-state index in [1.54, 1.807) is 18.2 Å². The van der Waals surface area contributed by atoms with Gasteiger partial charge in [0.2, 0.25) is 11.8 Å². The van der Waals surface area contributed by atoms with Crippen molar-refractivity contribution in [2.24, 2.45) is 0 Å². The van der Waals surface area contributed by atoms with Crippen LogP contribution >= 0.6 is 0 Å². The van der Waals surface area contributed by atoms with Crippen LogP contribution in [-0.4, -0.2) is 53.7 Å². The van der Waals surface area contributed by atoms with Crippen molar-refractivity contribution in [2.45, 2.75) is 37.8 Å². The molecule has 1 aromatic rings. The van der Waals surface area contributed by atoms with Crippen molar-refractivity contribution in [3.63, 3.8) is 0 Å². The molecule has 2 saturated heterocycles. The third kappa shape index (κ3) is 2.76. The monoisotopic (exact) mass is 356 g/mol. The van der Waals surface area contributed by atoms with Gasteiger partial charge in [-0.25, -0.2) is 0 Å². The van der Waals surface area contributed by atoms with Crippen LogP contribution in [0.3, 0.4) is 0 Å². The highest BCUT2D eigenvalue weighted by molar-refractivity contribution is 6.25. The molecule has 2 unspecified atom stereocenters. The maximum absolute atomic E-state index is 12.9. The molecular weight excluding hydrogens is 336 g/mol. The Morgan fingerprint density at radius 1 is 1.12 bits per heavy atom. The second-order valence-electron chi connectivity index (χ2n) is 6.85. The molecule has 3 aliphatic heterocycles. The molecule has 0 aromatic heterocycles. The van der Waals surface area contributed by atoms with Crippen LogP contribution in [0.2, 0.25) is 0 Å². The van der Waals surface area contributed by atoms with Crippen molar-refractivity contribution in [1.82, 2.24) is 15.5 Å². The zero-order valence-electron chi connectivity index (χ0n) is 14.2. The summed E-state index contributed by atoms with van der Waals surface area (Å²) in [5, 5.41) is 8.84. The molecule has 0 spiro atoms. The topological polar surface area (TPSA) is 108 Å². The van der Waals surface area contributed by atoms with Crippen LogP contribution in [0.5, 0.6) is 0 Å². The summed E-state index contributed by atoms with van der Waals surface area (Å²) >= 11 is 0. The second kappa shape index (κ2) is 6.53. The van der Waals surface area contributed by atoms with Crippen molar-refractivity contribution in [2.75, 3.05) is 18.4 Å². The molecule has 3 N–H and O–H groups in total. The standard InChI is InChI=1S/C18H20N4O4/c23-14-7-6-13(16(24)21-14)22-17(25)11-4-1-5-12(15(11)18(22)26)20-9-10-3-2-8-19-10/h1,4-5,10,13,19-20H,2-3,6-9H2,(H,21,23,24). The summed E-state index contributed by atoms with van der Waals surface area (Å²) in [6, 6.07) is 4.49. The third-order valence-electron chi connectivity index (χ3n) is 5.17. The van der Waals surface area contributed by atoms with Gasteiger partial charge in [0.05, 0.1) is 11.1 Å². The maximum atomic E-state index is 12.9. The SMILES string of the molecule is O=C1CCC(N2C(=O)c3cccc(NCC4CCCN4)c3C2=O)C(=O)N1. The Kier molecular flexibility index (Phi) is 4.20. The molecule has 8 nitrogen and oxygen atoms in total. The van der Waals surface area contributed by atoms with Crippen molar-refractivity contribution in [3.8, 4) is 0 Å². The van der Waals surface area contributed by atoms with Gasteiger partial charge in [0.1, 0.15) is 6.04 Å². The average molecular weight is 356 g/mol. The van der Waals surface area contributed by atoms with Crippen LogP contribution in [-0.2, 0) is 9.59 Å². The van der Waals surface area contributed by atoms with Gasteiger partial charge in [-0.05, 0) is 37.9 Å². The first-order valence-electron chi connectivity index (χ1n) is 8.88. The Morgan fingerprint density at radius 3 is 2.69 bits per heavy atom. The lowest BCUT2D eigenvalue weighted by Gasteiger charge is -2.27. The number of fused-ring (bicyclic) bond motifs is 1. The van der Waals surface area contributed by atoms with Crippen LogP contribution in [0.25, 0.3) is 0 Å². The molecule has 0 radical (unpaired) electrons. The smallest absolute Gasteiger partial charge is 0.264 e. The van der Waals surface area contributed by atoms with E-state index in [1.165, 1.54) is 0 Å². The summed E-state index contributed by atoms with van der Waals surface area (Å²) in [6.45, 7) is 1.65. The maximum Gasteiger partial charge on any atom is 0.264 e. The number of hydrogen-bond donors (Lipinski definition) is 3. The van der Waals surface area contributed by atoms with Crippen molar-refractivity contribution < 1.29 is 19.2 Å². The van der Waals surface area contributed by atoms with Gasteiger partial charge < -0.3 is 10.6 Å². The quantitative estimate of drug-likeness (QED) is 0.668. The first-order valence-corrected chi connectivity index (χ1v) is 8.88. The number of rotatable bonds is 4. The van der Waals surface area contributed by atoms with Gasteiger partial charge in [-0.3, -0.25) is 29.4 Å². The highest BCUT2D eigenvalue weighted by atomic mass is 16.2. The molecule has 26 heavy (non-hydrogen) atoms. The third-order valence-corrected chi connectivity index (χ3v) is 5.17. The summed E-state index contributed by atoms with van der Waals surface area (Å²) < 4.78 is 0. The van der Waals surface area contributed by atoms with Gasteiger partial charge in [0, 0.05) is 24.7 Å². The predicted molar refractivity (Wildman–Crippen MR) is 92.6 cm³/mol. The Morgan fingerprint density at radius 2 is 1.96 bits per heavy atom. The van der Waals surface area contributed by atoms with E-state index < -0.39 is 23.8 Å². The van der Waals surface area contributed by atoms with E-state index in [9.17, 15) is 19.2 Å². The summed E-state index contributed by atoms with van der Waals surface area (Å²) in [5.41, 5.74) is 1.20. The molecule has 3 aliphatic rings. The van der Waals surface area contributed by atoms with E-state index in [-0.39, 0.29) is 18.7 Å². The molecule has 136 valence electrons. The van der Waals surface area contributed by atoms with Crippen molar-refractivity contribution in [3.05, 3.63) is 29.3 Å². The number of imide groups is 2. The fraction of sp³-hybridized carbons (Fsp3) is 0.444. The fourth-order valence-electron chi connectivity index (χ4n) is 3.83. The highest BCUT2D eigenvalue weighted by Gasteiger charge is 2.45. The molecule has 3 heterocycles. The first-order chi connectivity index (χ1) is 12.6. The van der Waals surface area contributed by atoms with Crippen LogP contribution in [0, 0.1) is 0 Å². The van der Waals surface area contributed by atoms with Gasteiger partial charge in [0.15, 0.2) is 0 Å². The summed E-state index contributed by atoms with van der Waals surface area (Å²) in [7, 11) is 0. The number of nitrogens with zero attached hydrogens (tertiary/aromatic N) is 1. The van der Waals surface area contributed by atoms with Crippen LogP contribution < -0.4 is 16.0 Å². The molecule has 0 bridgehead atoms. The lowest BCUT2D eigenvalue weighted by Crippen LogP contribution is -2.54. The predicted octanol–water partition coefficient (Wildman–Crippen LogP) is 0.252. The Balaban J connectivity index is 1.58.